The van der Waals surface area contributed by atoms with E-state index in [1.165, 1.54) is 0 Å². The fourth-order valence-electron chi connectivity index (χ4n) is 1.61. The Morgan fingerprint density at radius 1 is 1.42 bits per heavy atom. The molecular weight excluding hydrogens is 244 g/mol. The standard InChI is InChI=1S/C14H22N2O3/c1-4-9-19-13-8-6-7-12(14(13)16(17)18)15-10-11(3)5-2/h6-8,11,15H,4-5,9-10H2,1-3H3. The van der Waals surface area contributed by atoms with Crippen molar-refractivity contribution < 1.29 is 9.66 Å². The molecule has 106 valence electrons. The molecule has 0 aromatic heterocycles. The number of anilines is 1. The van der Waals surface area contributed by atoms with Gasteiger partial charge in [-0.05, 0) is 24.5 Å². The van der Waals surface area contributed by atoms with Crippen molar-refractivity contribution in [3.63, 3.8) is 0 Å². The van der Waals surface area contributed by atoms with Crippen molar-refractivity contribution in [2.75, 3.05) is 18.5 Å². The Morgan fingerprint density at radius 2 is 2.16 bits per heavy atom. The third-order valence-electron chi connectivity index (χ3n) is 2.98. The highest BCUT2D eigenvalue weighted by molar-refractivity contribution is 5.68. The van der Waals surface area contributed by atoms with E-state index in [1.807, 2.05) is 6.92 Å². The second-order valence-electron chi connectivity index (χ2n) is 4.65. The molecule has 5 heteroatoms. The van der Waals surface area contributed by atoms with Crippen molar-refractivity contribution in [2.45, 2.75) is 33.6 Å². The predicted molar refractivity (Wildman–Crippen MR) is 76.8 cm³/mol. The van der Waals surface area contributed by atoms with Gasteiger partial charge in [0.15, 0.2) is 5.75 Å². The van der Waals surface area contributed by atoms with Crippen LogP contribution in [0.5, 0.6) is 5.75 Å². The van der Waals surface area contributed by atoms with Gasteiger partial charge in [-0.15, -0.1) is 0 Å². The van der Waals surface area contributed by atoms with Gasteiger partial charge < -0.3 is 10.1 Å². The summed E-state index contributed by atoms with van der Waals surface area (Å²) in [5.74, 6) is 0.806. The molecule has 1 N–H and O–H groups in total. The van der Waals surface area contributed by atoms with Crippen molar-refractivity contribution >= 4 is 11.4 Å². The summed E-state index contributed by atoms with van der Waals surface area (Å²) in [7, 11) is 0. The van der Waals surface area contributed by atoms with Gasteiger partial charge in [-0.3, -0.25) is 10.1 Å². The average Bonchev–Trinajstić information content (AvgIpc) is 2.41. The summed E-state index contributed by atoms with van der Waals surface area (Å²) in [6.07, 6.45) is 1.86. The zero-order chi connectivity index (χ0) is 14.3. The first-order valence-corrected chi connectivity index (χ1v) is 6.74. The lowest BCUT2D eigenvalue weighted by Crippen LogP contribution is -2.12. The lowest BCUT2D eigenvalue weighted by atomic mass is 10.1. The predicted octanol–water partition coefficient (Wildman–Crippen LogP) is 3.84. The van der Waals surface area contributed by atoms with Gasteiger partial charge in [-0.2, -0.15) is 0 Å². The number of hydrogen-bond donors (Lipinski definition) is 1. The van der Waals surface area contributed by atoms with E-state index in [0.717, 1.165) is 12.8 Å². The van der Waals surface area contributed by atoms with Gasteiger partial charge in [0.1, 0.15) is 5.69 Å². The second-order valence-corrected chi connectivity index (χ2v) is 4.65. The van der Waals surface area contributed by atoms with Crippen LogP contribution in [0.3, 0.4) is 0 Å². The zero-order valence-electron chi connectivity index (χ0n) is 11.8. The first-order chi connectivity index (χ1) is 9.10. The van der Waals surface area contributed by atoms with Crippen molar-refractivity contribution in [3.8, 4) is 5.75 Å². The molecule has 1 rings (SSSR count). The van der Waals surface area contributed by atoms with Gasteiger partial charge in [0, 0.05) is 6.54 Å². The van der Waals surface area contributed by atoms with Crippen molar-refractivity contribution in [3.05, 3.63) is 28.3 Å². The molecule has 0 spiro atoms. The van der Waals surface area contributed by atoms with Gasteiger partial charge in [0.2, 0.25) is 0 Å². The fraction of sp³-hybridized carbons (Fsp3) is 0.571. The van der Waals surface area contributed by atoms with E-state index in [-0.39, 0.29) is 10.6 Å². The summed E-state index contributed by atoms with van der Waals surface area (Å²) >= 11 is 0. The molecule has 1 aromatic rings. The van der Waals surface area contributed by atoms with Crippen LogP contribution in [0, 0.1) is 16.0 Å². The molecule has 5 nitrogen and oxygen atoms in total. The van der Waals surface area contributed by atoms with Gasteiger partial charge in [0.05, 0.1) is 11.5 Å². The maximum absolute atomic E-state index is 11.2. The van der Waals surface area contributed by atoms with Crippen LogP contribution in [0.4, 0.5) is 11.4 Å². The van der Waals surface area contributed by atoms with Crippen LogP contribution in [0.15, 0.2) is 18.2 Å². The van der Waals surface area contributed by atoms with E-state index >= 15 is 0 Å². The molecule has 19 heavy (non-hydrogen) atoms. The average molecular weight is 266 g/mol. The number of ether oxygens (including phenoxy) is 1. The summed E-state index contributed by atoms with van der Waals surface area (Å²) in [5.41, 5.74) is 0.554. The molecule has 0 fully saturated rings. The Hall–Kier alpha value is -1.78. The quantitative estimate of drug-likeness (QED) is 0.573. The first kappa shape index (κ1) is 15.3. The van der Waals surface area contributed by atoms with Gasteiger partial charge in [-0.25, -0.2) is 0 Å². The summed E-state index contributed by atoms with van der Waals surface area (Å²) in [6.45, 7) is 7.37. The number of hydrogen-bond acceptors (Lipinski definition) is 4. The van der Waals surface area contributed by atoms with Gasteiger partial charge in [-0.1, -0.05) is 33.3 Å². The van der Waals surface area contributed by atoms with Crippen LogP contribution < -0.4 is 10.1 Å². The monoisotopic (exact) mass is 266 g/mol. The SMILES string of the molecule is CCCOc1cccc(NCC(C)CC)c1[N+](=O)[O-]. The molecule has 0 saturated carbocycles. The molecule has 0 radical (unpaired) electrons. The summed E-state index contributed by atoms with van der Waals surface area (Å²) in [5, 5.41) is 14.3. The van der Waals surface area contributed by atoms with Crippen LogP contribution in [0.1, 0.15) is 33.6 Å². The van der Waals surface area contributed by atoms with Crippen LogP contribution in [-0.4, -0.2) is 18.1 Å². The minimum absolute atomic E-state index is 0.0271. The van der Waals surface area contributed by atoms with Crippen molar-refractivity contribution in [1.29, 1.82) is 0 Å². The Balaban J connectivity index is 2.92. The largest absolute Gasteiger partial charge is 0.487 e. The van der Waals surface area contributed by atoms with Crippen molar-refractivity contribution in [2.24, 2.45) is 5.92 Å². The normalized spacial score (nSPS) is 11.9. The number of nitro benzene ring substituents is 1. The number of para-hydroxylation sites is 1. The molecule has 0 amide bonds. The lowest BCUT2D eigenvalue weighted by Gasteiger charge is -2.13. The number of benzene rings is 1. The van der Waals surface area contributed by atoms with Gasteiger partial charge in [0.25, 0.3) is 0 Å². The number of nitrogens with zero attached hydrogens (tertiary/aromatic N) is 1. The van der Waals surface area contributed by atoms with Crippen LogP contribution in [0.2, 0.25) is 0 Å². The maximum Gasteiger partial charge on any atom is 0.333 e. The fourth-order valence-corrected chi connectivity index (χ4v) is 1.61. The van der Waals surface area contributed by atoms with Gasteiger partial charge >= 0.3 is 5.69 Å². The molecule has 1 unspecified atom stereocenters. The Morgan fingerprint density at radius 3 is 2.74 bits per heavy atom. The molecular formula is C14H22N2O3. The third-order valence-corrected chi connectivity index (χ3v) is 2.98. The summed E-state index contributed by atoms with van der Waals surface area (Å²) < 4.78 is 5.44. The minimum atomic E-state index is -0.385. The van der Waals surface area contributed by atoms with Crippen molar-refractivity contribution in [1.82, 2.24) is 0 Å². The highest BCUT2D eigenvalue weighted by atomic mass is 16.6. The van der Waals surface area contributed by atoms with Crippen LogP contribution >= 0.6 is 0 Å². The maximum atomic E-state index is 11.2. The summed E-state index contributed by atoms with van der Waals surface area (Å²) in [4.78, 5) is 10.8. The first-order valence-electron chi connectivity index (χ1n) is 6.74. The molecule has 1 atom stereocenters. The third kappa shape index (κ3) is 4.43. The Bertz CT molecular complexity index is 421. The minimum Gasteiger partial charge on any atom is -0.487 e. The number of rotatable bonds is 8. The molecule has 0 aliphatic rings. The highest BCUT2D eigenvalue weighted by Crippen LogP contribution is 2.34. The van der Waals surface area contributed by atoms with E-state index < -0.39 is 0 Å². The smallest absolute Gasteiger partial charge is 0.333 e. The zero-order valence-corrected chi connectivity index (χ0v) is 11.8. The Labute approximate surface area is 114 Å². The van der Waals surface area contributed by atoms with E-state index in [2.05, 4.69) is 19.2 Å². The topological polar surface area (TPSA) is 64.4 Å². The van der Waals surface area contributed by atoms with E-state index in [9.17, 15) is 10.1 Å². The highest BCUT2D eigenvalue weighted by Gasteiger charge is 2.20. The second kappa shape index (κ2) is 7.61. The lowest BCUT2D eigenvalue weighted by molar-refractivity contribution is -0.385. The van der Waals surface area contributed by atoms with E-state index in [4.69, 9.17) is 4.74 Å². The summed E-state index contributed by atoms with van der Waals surface area (Å²) in [6, 6.07) is 5.14. The van der Waals surface area contributed by atoms with Crippen LogP contribution in [-0.2, 0) is 0 Å². The molecule has 0 heterocycles. The molecule has 0 bridgehead atoms. The molecule has 0 aliphatic heterocycles. The van der Waals surface area contributed by atoms with Crippen LogP contribution in [0.25, 0.3) is 0 Å². The van der Waals surface area contributed by atoms with E-state index in [1.54, 1.807) is 18.2 Å². The molecule has 0 aliphatic carbocycles. The van der Waals surface area contributed by atoms with E-state index in [0.29, 0.717) is 30.5 Å². The molecule has 1 aromatic carbocycles. The number of nitro groups is 1. The number of nitrogens with one attached hydrogen (secondary N) is 1. The molecule has 0 saturated heterocycles. The Kier molecular flexibility index (Phi) is 6.12.